The maximum atomic E-state index is 13.2. The van der Waals surface area contributed by atoms with E-state index in [1.165, 1.54) is 0 Å². The summed E-state index contributed by atoms with van der Waals surface area (Å²) >= 11 is 6.09. The van der Waals surface area contributed by atoms with Crippen LogP contribution >= 0.6 is 11.6 Å². The third kappa shape index (κ3) is 5.86. The van der Waals surface area contributed by atoms with Crippen LogP contribution in [0.3, 0.4) is 0 Å². The number of morpholine rings is 1. The summed E-state index contributed by atoms with van der Waals surface area (Å²) in [6, 6.07) is 13.3. The number of hydrogen-bond acceptors (Lipinski definition) is 6. The van der Waals surface area contributed by atoms with Crippen LogP contribution in [0.15, 0.2) is 54.1 Å². The van der Waals surface area contributed by atoms with Gasteiger partial charge in [-0.05, 0) is 54.8 Å². The molecule has 0 radical (unpaired) electrons. The van der Waals surface area contributed by atoms with Gasteiger partial charge < -0.3 is 19.5 Å². The van der Waals surface area contributed by atoms with Gasteiger partial charge in [-0.3, -0.25) is 14.5 Å². The van der Waals surface area contributed by atoms with Crippen molar-refractivity contribution in [2.24, 2.45) is 0 Å². The van der Waals surface area contributed by atoms with Crippen LogP contribution in [0.4, 0.5) is 0 Å². The van der Waals surface area contributed by atoms with Crippen molar-refractivity contribution in [3.8, 4) is 5.75 Å². The van der Waals surface area contributed by atoms with Gasteiger partial charge in [0.25, 0.3) is 11.7 Å². The average Bonchev–Trinajstić information content (AvgIpc) is 3.13. The molecule has 2 aromatic carbocycles. The Labute approximate surface area is 210 Å². The Balaban J connectivity index is 1.63. The zero-order valence-corrected chi connectivity index (χ0v) is 20.7. The van der Waals surface area contributed by atoms with Crippen LogP contribution in [0.1, 0.15) is 36.9 Å². The zero-order chi connectivity index (χ0) is 24.8. The third-order valence-electron chi connectivity index (χ3n) is 6.30. The fraction of sp³-hybridized carbons (Fsp3) is 0.407. The molecule has 0 saturated carbocycles. The molecule has 7 nitrogen and oxygen atoms in total. The number of amides is 1. The lowest BCUT2D eigenvalue weighted by atomic mass is 9.95. The number of ketones is 1. The predicted molar refractivity (Wildman–Crippen MR) is 135 cm³/mol. The summed E-state index contributed by atoms with van der Waals surface area (Å²) in [6.45, 7) is 6.95. The number of ether oxygens (including phenoxy) is 2. The highest BCUT2D eigenvalue weighted by atomic mass is 35.5. The van der Waals surface area contributed by atoms with Crippen LogP contribution in [0.25, 0.3) is 5.76 Å². The first-order valence-corrected chi connectivity index (χ1v) is 12.4. The highest BCUT2D eigenvalue weighted by Crippen LogP contribution is 2.40. The monoisotopic (exact) mass is 498 g/mol. The molecule has 0 spiro atoms. The van der Waals surface area contributed by atoms with E-state index in [2.05, 4.69) is 4.90 Å². The quantitative estimate of drug-likeness (QED) is 0.316. The maximum Gasteiger partial charge on any atom is 0.295 e. The molecule has 2 aromatic rings. The van der Waals surface area contributed by atoms with Crippen LogP contribution in [0.2, 0.25) is 5.02 Å². The topological polar surface area (TPSA) is 79.3 Å². The highest BCUT2D eigenvalue weighted by molar-refractivity contribution is 6.46. The molecule has 2 aliphatic rings. The van der Waals surface area contributed by atoms with E-state index >= 15 is 0 Å². The van der Waals surface area contributed by atoms with E-state index in [1.807, 2.05) is 6.92 Å². The minimum atomic E-state index is -0.687. The second-order valence-electron chi connectivity index (χ2n) is 8.72. The van der Waals surface area contributed by atoms with Crippen molar-refractivity contribution < 1.29 is 24.2 Å². The Morgan fingerprint density at radius 1 is 1.06 bits per heavy atom. The fourth-order valence-electron chi connectivity index (χ4n) is 4.48. The maximum absolute atomic E-state index is 13.2. The Bertz CT molecular complexity index is 1060. The van der Waals surface area contributed by atoms with Gasteiger partial charge in [0.15, 0.2) is 0 Å². The van der Waals surface area contributed by atoms with Gasteiger partial charge in [-0.25, -0.2) is 0 Å². The Morgan fingerprint density at radius 2 is 1.74 bits per heavy atom. The summed E-state index contributed by atoms with van der Waals surface area (Å²) in [5.41, 5.74) is 1.27. The SMILES string of the molecule is CCCOc1ccc(/C(O)=C2\C(=O)C(=O)N(CCCN3CCOCC3)[C@@H]2c2ccc(Cl)cc2)cc1. The molecule has 1 amide bonds. The molecule has 2 heterocycles. The summed E-state index contributed by atoms with van der Waals surface area (Å²) in [6.07, 6.45) is 1.60. The molecule has 4 rings (SSSR count). The number of nitrogens with zero attached hydrogens (tertiary/aromatic N) is 2. The van der Waals surface area contributed by atoms with Crippen LogP contribution in [0.5, 0.6) is 5.75 Å². The second kappa shape index (κ2) is 11.7. The largest absolute Gasteiger partial charge is 0.507 e. The predicted octanol–water partition coefficient (Wildman–Crippen LogP) is 4.27. The van der Waals surface area contributed by atoms with Crippen LogP contribution < -0.4 is 4.74 Å². The molecule has 0 unspecified atom stereocenters. The summed E-state index contributed by atoms with van der Waals surface area (Å²) in [5.74, 6) is -0.793. The normalized spacial score (nSPS) is 20.4. The van der Waals surface area contributed by atoms with Crippen LogP contribution in [-0.4, -0.2) is 72.6 Å². The van der Waals surface area contributed by atoms with E-state index in [-0.39, 0.29) is 11.3 Å². The van der Waals surface area contributed by atoms with Crippen molar-refractivity contribution in [3.05, 3.63) is 70.3 Å². The standard InChI is InChI=1S/C27H31ClN2O5/c1-2-16-35-22-10-6-20(7-11-22)25(31)23-24(19-4-8-21(28)9-5-19)30(27(33)26(23)32)13-3-12-29-14-17-34-18-15-29/h4-11,24,31H,2-3,12-18H2,1H3/b25-23+/t24-/m1/s1. The number of carbonyl (C=O) groups excluding carboxylic acids is 2. The smallest absolute Gasteiger partial charge is 0.295 e. The van der Waals surface area contributed by atoms with Gasteiger partial charge in [0.2, 0.25) is 0 Å². The molecule has 2 fully saturated rings. The molecule has 186 valence electrons. The first-order valence-electron chi connectivity index (χ1n) is 12.1. The van der Waals surface area contributed by atoms with Crippen molar-refractivity contribution in [2.75, 3.05) is 46.0 Å². The number of hydrogen-bond donors (Lipinski definition) is 1. The molecule has 1 N–H and O–H groups in total. The lowest BCUT2D eigenvalue weighted by Gasteiger charge is -2.29. The first-order chi connectivity index (χ1) is 17.0. The fourth-order valence-corrected chi connectivity index (χ4v) is 4.60. The number of benzene rings is 2. The van der Waals surface area contributed by atoms with E-state index in [0.29, 0.717) is 49.1 Å². The van der Waals surface area contributed by atoms with Gasteiger partial charge in [0.1, 0.15) is 11.5 Å². The van der Waals surface area contributed by atoms with Gasteiger partial charge >= 0.3 is 0 Å². The molecule has 0 bridgehead atoms. The van der Waals surface area contributed by atoms with Crippen molar-refractivity contribution in [1.82, 2.24) is 9.80 Å². The number of halogens is 1. The molecule has 2 saturated heterocycles. The molecule has 35 heavy (non-hydrogen) atoms. The van der Waals surface area contributed by atoms with E-state index in [9.17, 15) is 14.7 Å². The molecule has 0 aliphatic carbocycles. The van der Waals surface area contributed by atoms with E-state index in [4.69, 9.17) is 21.1 Å². The van der Waals surface area contributed by atoms with Gasteiger partial charge in [-0.2, -0.15) is 0 Å². The number of aliphatic hydroxyl groups excluding tert-OH is 1. The molecule has 1 atom stereocenters. The Hall–Kier alpha value is -2.87. The van der Waals surface area contributed by atoms with Crippen LogP contribution in [-0.2, 0) is 14.3 Å². The van der Waals surface area contributed by atoms with Crippen LogP contribution in [0, 0.1) is 0 Å². The van der Waals surface area contributed by atoms with Crippen molar-refractivity contribution in [3.63, 3.8) is 0 Å². The number of carbonyl (C=O) groups is 2. The van der Waals surface area contributed by atoms with E-state index < -0.39 is 17.7 Å². The Morgan fingerprint density at radius 3 is 2.40 bits per heavy atom. The third-order valence-corrected chi connectivity index (χ3v) is 6.56. The minimum absolute atomic E-state index is 0.0888. The molecular weight excluding hydrogens is 468 g/mol. The summed E-state index contributed by atoms with van der Waals surface area (Å²) in [4.78, 5) is 30.1. The van der Waals surface area contributed by atoms with Crippen molar-refractivity contribution in [2.45, 2.75) is 25.8 Å². The summed E-state index contributed by atoms with van der Waals surface area (Å²) in [5, 5.41) is 11.8. The number of rotatable bonds is 9. The average molecular weight is 499 g/mol. The lowest BCUT2D eigenvalue weighted by molar-refractivity contribution is -0.140. The molecule has 0 aromatic heterocycles. The second-order valence-corrected chi connectivity index (χ2v) is 9.16. The van der Waals surface area contributed by atoms with Crippen molar-refractivity contribution in [1.29, 1.82) is 0 Å². The number of Topliss-reactive ketones (excluding diaryl/α,β-unsaturated/α-hetero) is 1. The molecular formula is C27H31ClN2O5. The molecule has 8 heteroatoms. The zero-order valence-electron chi connectivity index (χ0n) is 19.9. The summed E-state index contributed by atoms with van der Waals surface area (Å²) in [7, 11) is 0. The highest BCUT2D eigenvalue weighted by Gasteiger charge is 2.45. The minimum Gasteiger partial charge on any atom is -0.507 e. The van der Waals surface area contributed by atoms with Gasteiger partial charge in [-0.1, -0.05) is 30.7 Å². The van der Waals surface area contributed by atoms with Gasteiger partial charge in [-0.15, -0.1) is 0 Å². The van der Waals surface area contributed by atoms with E-state index in [1.54, 1.807) is 53.4 Å². The number of aliphatic hydroxyl groups is 1. The van der Waals surface area contributed by atoms with E-state index in [0.717, 1.165) is 31.6 Å². The molecule has 2 aliphatic heterocycles. The number of likely N-dealkylation sites (tertiary alicyclic amines) is 1. The van der Waals surface area contributed by atoms with Gasteiger partial charge in [0.05, 0.1) is 31.4 Å². The lowest BCUT2D eigenvalue weighted by Crippen LogP contribution is -2.38. The summed E-state index contributed by atoms with van der Waals surface area (Å²) < 4.78 is 11.0. The van der Waals surface area contributed by atoms with Crippen molar-refractivity contribution >= 4 is 29.1 Å². The first kappa shape index (κ1) is 25.2. The Kier molecular flexibility index (Phi) is 8.44. The van der Waals surface area contributed by atoms with Gasteiger partial charge in [0, 0.05) is 36.8 Å².